The summed E-state index contributed by atoms with van der Waals surface area (Å²) in [6.07, 6.45) is 1.23. The second kappa shape index (κ2) is 7.25. The van der Waals surface area contributed by atoms with Crippen LogP contribution in [0.3, 0.4) is 0 Å². The third-order valence-corrected chi connectivity index (χ3v) is 2.55. The van der Waals surface area contributed by atoms with Gasteiger partial charge in [-0.25, -0.2) is 0 Å². The van der Waals surface area contributed by atoms with Gasteiger partial charge in [-0.15, -0.1) is 0 Å². The van der Waals surface area contributed by atoms with E-state index in [1.807, 2.05) is 6.92 Å². The van der Waals surface area contributed by atoms with Crippen molar-refractivity contribution in [3.8, 4) is 0 Å². The van der Waals surface area contributed by atoms with E-state index in [4.69, 9.17) is 11.5 Å². The van der Waals surface area contributed by atoms with Gasteiger partial charge in [-0.3, -0.25) is 9.59 Å². The van der Waals surface area contributed by atoms with Gasteiger partial charge in [0.25, 0.3) is 5.91 Å². The maximum atomic E-state index is 11.4. The number of primary amides is 1. The van der Waals surface area contributed by atoms with Gasteiger partial charge in [0.05, 0.1) is 5.56 Å². The fourth-order valence-electron chi connectivity index (χ4n) is 1.59. The average Bonchev–Trinajstić information content (AvgIpc) is 2.36. The van der Waals surface area contributed by atoms with Crippen molar-refractivity contribution in [2.45, 2.75) is 19.8 Å². The zero-order chi connectivity index (χ0) is 14.3. The number of benzene rings is 1. The Kier molecular flexibility index (Phi) is 5.66. The van der Waals surface area contributed by atoms with Crippen LogP contribution in [-0.2, 0) is 4.79 Å². The van der Waals surface area contributed by atoms with Crippen LogP contribution in [0.5, 0.6) is 0 Å². The zero-order valence-corrected chi connectivity index (χ0v) is 11.0. The number of nitrogen functional groups attached to an aromatic ring is 1. The second-order valence-electron chi connectivity index (χ2n) is 4.20. The molecule has 6 N–H and O–H groups in total. The lowest BCUT2D eigenvalue weighted by atomic mass is 10.1. The van der Waals surface area contributed by atoms with Gasteiger partial charge in [-0.2, -0.15) is 0 Å². The Labute approximate surface area is 112 Å². The Balaban J connectivity index is 2.55. The van der Waals surface area contributed by atoms with Gasteiger partial charge in [0.1, 0.15) is 0 Å². The minimum atomic E-state index is -0.530. The van der Waals surface area contributed by atoms with E-state index in [-0.39, 0.29) is 5.91 Å². The molecule has 0 aliphatic heterocycles. The third-order valence-electron chi connectivity index (χ3n) is 2.55. The SMILES string of the molecule is CCCNC(=O)CCNc1cc(N)ccc1C(N)=O. The highest BCUT2D eigenvalue weighted by Gasteiger charge is 2.08. The van der Waals surface area contributed by atoms with Crippen molar-refractivity contribution >= 4 is 23.2 Å². The van der Waals surface area contributed by atoms with Crippen LogP contribution < -0.4 is 22.1 Å². The first-order valence-electron chi connectivity index (χ1n) is 6.24. The molecular formula is C13H20N4O2. The number of nitrogens with one attached hydrogen (secondary N) is 2. The lowest BCUT2D eigenvalue weighted by molar-refractivity contribution is -0.120. The minimum absolute atomic E-state index is 0.0288. The lowest BCUT2D eigenvalue weighted by Gasteiger charge is -2.11. The summed E-state index contributed by atoms with van der Waals surface area (Å²) in [6.45, 7) is 3.08. The molecule has 2 amide bonds. The number of hydrogen-bond donors (Lipinski definition) is 4. The van der Waals surface area contributed by atoms with Gasteiger partial charge in [0.2, 0.25) is 5.91 Å². The Hall–Kier alpha value is -2.24. The average molecular weight is 264 g/mol. The van der Waals surface area contributed by atoms with Crippen molar-refractivity contribution in [1.82, 2.24) is 5.32 Å². The van der Waals surface area contributed by atoms with Crippen molar-refractivity contribution in [2.24, 2.45) is 5.73 Å². The number of hydrogen-bond acceptors (Lipinski definition) is 4. The number of carbonyl (C=O) groups excluding carboxylic acids is 2. The Morgan fingerprint density at radius 3 is 2.63 bits per heavy atom. The maximum Gasteiger partial charge on any atom is 0.250 e. The Bertz CT molecular complexity index is 460. The van der Waals surface area contributed by atoms with Crippen molar-refractivity contribution in [3.63, 3.8) is 0 Å². The topological polar surface area (TPSA) is 110 Å². The summed E-state index contributed by atoms with van der Waals surface area (Å²) in [5.41, 5.74) is 12.4. The standard InChI is InChI=1S/C13H20N4O2/c1-2-6-17-12(18)5-7-16-11-8-9(14)3-4-10(11)13(15)19/h3-4,8,16H,2,5-7,14H2,1H3,(H2,15,19)(H,17,18). The fourth-order valence-corrected chi connectivity index (χ4v) is 1.59. The third kappa shape index (κ3) is 4.87. The lowest BCUT2D eigenvalue weighted by Crippen LogP contribution is -2.26. The molecule has 0 bridgehead atoms. The number of carbonyl (C=O) groups is 2. The first kappa shape index (κ1) is 14.8. The number of nitrogens with two attached hydrogens (primary N) is 2. The van der Waals surface area contributed by atoms with Crippen LogP contribution in [0.25, 0.3) is 0 Å². The molecule has 0 aliphatic carbocycles. The van der Waals surface area contributed by atoms with Gasteiger partial charge >= 0.3 is 0 Å². The maximum absolute atomic E-state index is 11.4. The zero-order valence-electron chi connectivity index (χ0n) is 11.0. The normalized spacial score (nSPS) is 9.95. The molecule has 0 fully saturated rings. The predicted octanol–water partition coefficient (Wildman–Crippen LogP) is 0.696. The highest BCUT2D eigenvalue weighted by molar-refractivity contribution is 5.99. The summed E-state index contributed by atoms with van der Waals surface area (Å²) in [7, 11) is 0. The Morgan fingerprint density at radius 1 is 1.26 bits per heavy atom. The fraction of sp³-hybridized carbons (Fsp3) is 0.385. The van der Waals surface area contributed by atoms with E-state index in [1.54, 1.807) is 18.2 Å². The molecule has 0 heterocycles. The molecule has 1 rings (SSSR count). The summed E-state index contributed by atoms with van der Waals surface area (Å²) in [5.74, 6) is -0.559. The van der Waals surface area contributed by atoms with E-state index in [1.165, 1.54) is 0 Å². The van der Waals surface area contributed by atoms with Crippen LogP contribution in [0.1, 0.15) is 30.1 Å². The van der Waals surface area contributed by atoms with Gasteiger partial charge in [0.15, 0.2) is 0 Å². The first-order valence-corrected chi connectivity index (χ1v) is 6.24. The molecule has 19 heavy (non-hydrogen) atoms. The van der Waals surface area contributed by atoms with Crippen molar-refractivity contribution in [1.29, 1.82) is 0 Å². The first-order chi connectivity index (χ1) is 9.04. The minimum Gasteiger partial charge on any atom is -0.399 e. The predicted molar refractivity (Wildman–Crippen MR) is 75.8 cm³/mol. The smallest absolute Gasteiger partial charge is 0.250 e. The molecule has 6 nitrogen and oxygen atoms in total. The van der Waals surface area contributed by atoms with E-state index >= 15 is 0 Å². The summed E-state index contributed by atoms with van der Waals surface area (Å²) < 4.78 is 0. The van der Waals surface area contributed by atoms with E-state index < -0.39 is 5.91 Å². The largest absolute Gasteiger partial charge is 0.399 e. The highest BCUT2D eigenvalue weighted by atomic mass is 16.1. The molecule has 0 atom stereocenters. The van der Waals surface area contributed by atoms with Gasteiger partial charge in [0, 0.05) is 30.9 Å². The summed E-state index contributed by atoms with van der Waals surface area (Å²) in [4.78, 5) is 22.6. The molecule has 6 heteroatoms. The molecule has 1 aromatic carbocycles. The van der Waals surface area contributed by atoms with E-state index in [9.17, 15) is 9.59 Å². The van der Waals surface area contributed by atoms with Crippen molar-refractivity contribution in [3.05, 3.63) is 23.8 Å². The van der Waals surface area contributed by atoms with Gasteiger partial charge in [-0.1, -0.05) is 6.92 Å². The van der Waals surface area contributed by atoms with Crippen LogP contribution in [0.2, 0.25) is 0 Å². The van der Waals surface area contributed by atoms with Crippen LogP contribution in [0.15, 0.2) is 18.2 Å². The van der Waals surface area contributed by atoms with Gasteiger partial charge in [-0.05, 0) is 24.6 Å². The van der Waals surface area contributed by atoms with Crippen molar-refractivity contribution in [2.75, 3.05) is 24.1 Å². The molecule has 0 saturated carbocycles. The number of rotatable bonds is 7. The monoisotopic (exact) mass is 264 g/mol. The molecule has 0 radical (unpaired) electrons. The quantitative estimate of drug-likeness (QED) is 0.543. The highest BCUT2D eigenvalue weighted by Crippen LogP contribution is 2.18. The molecule has 0 aliphatic rings. The molecule has 0 aromatic heterocycles. The molecule has 104 valence electrons. The molecular weight excluding hydrogens is 244 g/mol. The summed E-state index contributed by atoms with van der Waals surface area (Å²) in [5, 5.41) is 5.77. The van der Waals surface area contributed by atoms with Gasteiger partial charge < -0.3 is 22.1 Å². The Morgan fingerprint density at radius 2 is 2.00 bits per heavy atom. The van der Waals surface area contributed by atoms with Crippen LogP contribution >= 0.6 is 0 Å². The van der Waals surface area contributed by atoms with Crippen LogP contribution in [0.4, 0.5) is 11.4 Å². The number of anilines is 2. The van der Waals surface area contributed by atoms with E-state index in [0.717, 1.165) is 6.42 Å². The van der Waals surface area contributed by atoms with E-state index in [2.05, 4.69) is 10.6 Å². The van der Waals surface area contributed by atoms with Crippen molar-refractivity contribution < 1.29 is 9.59 Å². The van der Waals surface area contributed by atoms with Crippen LogP contribution in [0, 0.1) is 0 Å². The number of amides is 2. The molecule has 0 saturated heterocycles. The van der Waals surface area contributed by atoms with Crippen LogP contribution in [-0.4, -0.2) is 24.9 Å². The molecule has 0 unspecified atom stereocenters. The second-order valence-corrected chi connectivity index (χ2v) is 4.20. The summed E-state index contributed by atoms with van der Waals surface area (Å²) in [6, 6.07) is 4.81. The van der Waals surface area contributed by atoms with E-state index in [0.29, 0.717) is 36.4 Å². The molecule has 1 aromatic rings. The molecule has 0 spiro atoms. The summed E-state index contributed by atoms with van der Waals surface area (Å²) >= 11 is 0.